The van der Waals surface area contributed by atoms with Crippen LogP contribution in [0.1, 0.15) is 16.8 Å². The molecule has 1 aromatic heterocycles. The molecule has 1 heterocycles. The molecule has 124 valence electrons. The number of para-hydroxylation sites is 2. The van der Waals surface area contributed by atoms with E-state index in [1.807, 2.05) is 42.5 Å². The lowest BCUT2D eigenvalue weighted by molar-refractivity contribution is -0.120. The minimum absolute atomic E-state index is 0.186. The van der Waals surface area contributed by atoms with E-state index in [9.17, 15) is 9.59 Å². The predicted molar refractivity (Wildman–Crippen MR) is 94.8 cm³/mol. The average molecular weight is 332 g/mol. The largest absolute Gasteiger partial charge is 0.353 e. The summed E-state index contributed by atoms with van der Waals surface area (Å²) in [6.07, 6.45) is -0.186. The van der Waals surface area contributed by atoms with Crippen LogP contribution in [0.2, 0.25) is 0 Å². The van der Waals surface area contributed by atoms with Gasteiger partial charge in [0.2, 0.25) is 5.91 Å². The Morgan fingerprint density at radius 2 is 1.76 bits per heavy atom. The number of rotatable bonds is 5. The summed E-state index contributed by atoms with van der Waals surface area (Å²) in [5.41, 5.74) is 1.97. The van der Waals surface area contributed by atoms with Crippen LogP contribution in [0.5, 0.6) is 0 Å². The summed E-state index contributed by atoms with van der Waals surface area (Å²) in [5.74, 6) is -0.599. The van der Waals surface area contributed by atoms with Crippen LogP contribution >= 0.6 is 0 Å². The number of nitrogens with one attached hydrogen (secondary N) is 2. The maximum Gasteiger partial charge on any atom is 0.253 e. The lowest BCUT2D eigenvalue weighted by Gasteiger charge is -2.09. The molecule has 0 aliphatic heterocycles. The summed E-state index contributed by atoms with van der Waals surface area (Å²) < 4.78 is 0. The third-order valence-corrected chi connectivity index (χ3v) is 3.76. The van der Waals surface area contributed by atoms with Crippen LogP contribution in [0.3, 0.4) is 0 Å². The van der Waals surface area contributed by atoms with Crippen molar-refractivity contribution in [1.29, 1.82) is 5.26 Å². The first kappa shape index (κ1) is 16.4. The van der Waals surface area contributed by atoms with Crippen LogP contribution < -0.4 is 10.6 Å². The lowest BCUT2D eigenvalue weighted by Crippen LogP contribution is -2.34. The molecule has 2 N–H and O–H groups in total. The van der Waals surface area contributed by atoms with Crippen molar-refractivity contribution in [3.63, 3.8) is 0 Å². The fourth-order valence-electron chi connectivity index (χ4n) is 2.59. The van der Waals surface area contributed by atoms with Crippen LogP contribution in [0.15, 0.2) is 48.5 Å². The Hall–Kier alpha value is -3.46. The van der Waals surface area contributed by atoms with E-state index in [2.05, 4.69) is 15.6 Å². The Bertz CT molecular complexity index is 992. The van der Waals surface area contributed by atoms with E-state index >= 15 is 0 Å². The summed E-state index contributed by atoms with van der Waals surface area (Å²) in [6.45, 7) is 0.549. The second-order valence-corrected chi connectivity index (χ2v) is 5.50. The number of aromatic nitrogens is 1. The van der Waals surface area contributed by atoms with Crippen LogP contribution in [0, 0.1) is 11.3 Å². The van der Waals surface area contributed by atoms with Gasteiger partial charge in [-0.15, -0.1) is 0 Å². The number of nitrogens with zero attached hydrogens (tertiary/aromatic N) is 2. The zero-order chi connectivity index (χ0) is 17.6. The molecular formula is C19H16N4O2. The van der Waals surface area contributed by atoms with Gasteiger partial charge < -0.3 is 10.6 Å². The molecule has 0 fully saturated rings. The molecule has 2 amide bonds. The molecule has 0 saturated heterocycles. The predicted octanol–water partition coefficient (Wildman–Crippen LogP) is 2.15. The van der Waals surface area contributed by atoms with Gasteiger partial charge in [-0.05, 0) is 18.2 Å². The number of nitriles is 1. The standard InChI is InChI=1S/C19H16N4O2/c20-9-8-17(24)21-10-11-22-19(25)15-6-3-5-14-12-13-4-1-2-7-16(13)23-18(14)15/h1-7,12H,8,10-11H2,(H,21,24)(H,22,25). The zero-order valence-corrected chi connectivity index (χ0v) is 13.5. The second-order valence-electron chi connectivity index (χ2n) is 5.50. The van der Waals surface area contributed by atoms with Gasteiger partial charge in [0, 0.05) is 23.9 Å². The normalized spacial score (nSPS) is 10.4. The average Bonchev–Trinajstić information content (AvgIpc) is 2.63. The summed E-state index contributed by atoms with van der Waals surface area (Å²) in [4.78, 5) is 28.3. The van der Waals surface area contributed by atoms with Gasteiger partial charge in [-0.2, -0.15) is 5.26 Å². The molecule has 0 spiro atoms. The number of carbonyl (C=O) groups is 2. The Labute approximate surface area is 144 Å². The quantitative estimate of drug-likeness (QED) is 0.553. The molecule has 25 heavy (non-hydrogen) atoms. The minimum Gasteiger partial charge on any atom is -0.353 e. The third-order valence-electron chi connectivity index (χ3n) is 3.76. The van der Waals surface area contributed by atoms with E-state index in [-0.39, 0.29) is 31.3 Å². The summed E-state index contributed by atoms with van der Waals surface area (Å²) in [7, 11) is 0. The van der Waals surface area contributed by atoms with Crippen molar-refractivity contribution in [3.05, 3.63) is 54.1 Å². The Balaban J connectivity index is 1.76. The minimum atomic E-state index is -0.352. The molecule has 0 atom stereocenters. The van der Waals surface area contributed by atoms with Gasteiger partial charge >= 0.3 is 0 Å². The molecular weight excluding hydrogens is 316 g/mol. The topological polar surface area (TPSA) is 94.9 Å². The molecule has 0 unspecified atom stereocenters. The van der Waals surface area contributed by atoms with Crippen molar-refractivity contribution in [1.82, 2.24) is 15.6 Å². The van der Waals surface area contributed by atoms with Crippen molar-refractivity contribution in [3.8, 4) is 6.07 Å². The maximum absolute atomic E-state index is 12.4. The van der Waals surface area contributed by atoms with Crippen LogP contribution in [-0.4, -0.2) is 29.9 Å². The van der Waals surface area contributed by atoms with E-state index in [4.69, 9.17) is 5.26 Å². The smallest absolute Gasteiger partial charge is 0.253 e. The van der Waals surface area contributed by atoms with Crippen LogP contribution in [0.4, 0.5) is 0 Å². The first-order chi connectivity index (χ1) is 12.2. The van der Waals surface area contributed by atoms with Gasteiger partial charge in [0.05, 0.1) is 22.7 Å². The van der Waals surface area contributed by atoms with Gasteiger partial charge in [0.25, 0.3) is 5.91 Å². The molecule has 0 aliphatic carbocycles. The molecule has 0 radical (unpaired) electrons. The molecule has 6 nitrogen and oxygen atoms in total. The Morgan fingerprint density at radius 1 is 1.00 bits per heavy atom. The van der Waals surface area contributed by atoms with E-state index in [1.165, 1.54) is 0 Å². The number of hydrogen-bond donors (Lipinski definition) is 2. The van der Waals surface area contributed by atoms with Crippen molar-refractivity contribution < 1.29 is 9.59 Å². The van der Waals surface area contributed by atoms with Crippen LogP contribution in [0.25, 0.3) is 21.8 Å². The van der Waals surface area contributed by atoms with Gasteiger partial charge in [-0.3, -0.25) is 9.59 Å². The van der Waals surface area contributed by atoms with E-state index in [0.717, 1.165) is 16.3 Å². The maximum atomic E-state index is 12.4. The number of benzene rings is 2. The van der Waals surface area contributed by atoms with Crippen molar-refractivity contribution in [2.45, 2.75) is 6.42 Å². The highest BCUT2D eigenvalue weighted by atomic mass is 16.2. The Morgan fingerprint density at radius 3 is 2.60 bits per heavy atom. The van der Waals surface area contributed by atoms with Crippen molar-refractivity contribution in [2.24, 2.45) is 0 Å². The van der Waals surface area contributed by atoms with Crippen molar-refractivity contribution >= 4 is 33.6 Å². The lowest BCUT2D eigenvalue weighted by atomic mass is 10.1. The number of amides is 2. The highest BCUT2D eigenvalue weighted by molar-refractivity contribution is 6.07. The Kier molecular flexibility index (Phi) is 4.86. The second kappa shape index (κ2) is 7.41. The fraction of sp³-hybridized carbons (Fsp3) is 0.158. The first-order valence-electron chi connectivity index (χ1n) is 7.89. The number of pyridine rings is 1. The summed E-state index contributed by atoms with van der Waals surface area (Å²) in [5, 5.41) is 15.7. The number of carbonyl (C=O) groups excluding carboxylic acids is 2. The molecule has 3 rings (SSSR count). The number of fused-ring (bicyclic) bond motifs is 2. The highest BCUT2D eigenvalue weighted by Gasteiger charge is 2.11. The molecule has 3 aromatic rings. The van der Waals surface area contributed by atoms with Crippen molar-refractivity contribution in [2.75, 3.05) is 13.1 Å². The van der Waals surface area contributed by atoms with Gasteiger partial charge in [-0.25, -0.2) is 4.98 Å². The molecule has 6 heteroatoms. The van der Waals surface area contributed by atoms with E-state index < -0.39 is 0 Å². The molecule has 0 saturated carbocycles. The first-order valence-corrected chi connectivity index (χ1v) is 7.89. The third kappa shape index (κ3) is 3.72. The SMILES string of the molecule is N#CCC(=O)NCCNC(=O)c1cccc2cc3ccccc3nc12. The summed E-state index contributed by atoms with van der Waals surface area (Å²) in [6, 6.07) is 17.0. The molecule has 2 aromatic carbocycles. The van der Waals surface area contributed by atoms with E-state index in [0.29, 0.717) is 11.1 Å². The highest BCUT2D eigenvalue weighted by Crippen LogP contribution is 2.22. The molecule has 0 aliphatic rings. The van der Waals surface area contributed by atoms with Crippen LogP contribution in [-0.2, 0) is 4.79 Å². The van der Waals surface area contributed by atoms with Gasteiger partial charge in [0.1, 0.15) is 6.42 Å². The zero-order valence-electron chi connectivity index (χ0n) is 13.5. The molecule has 0 bridgehead atoms. The van der Waals surface area contributed by atoms with E-state index in [1.54, 1.807) is 12.1 Å². The summed E-state index contributed by atoms with van der Waals surface area (Å²) >= 11 is 0. The van der Waals surface area contributed by atoms with Gasteiger partial charge in [-0.1, -0.05) is 30.3 Å². The fourth-order valence-corrected chi connectivity index (χ4v) is 2.59. The number of hydrogen-bond acceptors (Lipinski definition) is 4. The monoisotopic (exact) mass is 332 g/mol. The van der Waals surface area contributed by atoms with Gasteiger partial charge in [0.15, 0.2) is 0 Å².